The molecule has 0 N–H and O–H groups in total. The lowest BCUT2D eigenvalue weighted by Crippen LogP contribution is -1.88. The van der Waals surface area contributed by atoms with E-state index in [0.29, 0.717) is 0 Å². The highest BCUT2D eigenvalue weighted by Gasteiger charge is 2.14. The number of benzene rings is 8. The summed E-state index contributed by atoms with van der Waals surface area (Å²) in [4.78, 5) is 0. The maximum atomic E-state index is 6.35. The predicted molar refractivity (Wildman–Crippen MR) is 228 cm³/mol. The molecule has 0 aliphatic heterocycles. The molecular weight excluding hydrogens is 617 g/mol. The average Bonchev–Trinajstić information content (AvgIpc) is 3.61. The van der Waals surface area contributed by atoms with Crippen molar-refractivity contribution >= 4 is 54.3 Å². The fourth-order valence-corrected chi connectivity index (χ4v) is 6.69. The molecule has 1 heteroatoms. The van der Waals surface area contributed by atoms with Crippen LogP contribution in [-0.4, -0.2) is 0 Å². The van der Waals surface area contributed by atoms with E-state index < -0.39 is 0 Å². The Labute approximate surface area is 304 Å². The van der Waals surface area contributed by atoms with Crippen LogP contribution in [-0.2, 0) is 0 Å². The molecule has 0 unspecified atom stereocenters. The van der Waals surface area contributed by atoms with Gasteiger partial charge in [0.1, 0.15) is 11.2 Å². The third-order valence-corrected chi connectivity index (χ3v) is 8.90. The van der Waals surface area contributed by atoms with Crippen molar-refractivity contribution < 1.29 is 4.42 Å². The molecule has 0 fully saturated rings. The zero-order valence-corrected chi connectivity index (χ0v) is 31.3. The van der Waals surface area contributed by atoms with Crippen LogP contribution in [0.5, 0.6) is 0 Å². The van der Waals surface area contributed by atoms with Gasteiger partial charge in [0.2, 0.25) is 0 Å². The van der Waals surface area contributed by atoms with Gasteiger partial charge in [0.25, 0.3) is 0 Å². The van der Waals surface area contributed by atoms with Gasteiger partial charge in [0, 0.05) is 16.3 Å². The van der Waals surface area contributed by atoms with Gasteiger partial charge in [-0.2, -0.15) is 0 Å². The van der Waals surface area contributed by atoms with E-state index in [1.165, 1.54) is 54.6 Å². The molecule has 0 aliphatic rings. The minimum atomic E-state index is 0.923. The van der Waals surface area contributed by atoms with Crippen molar-refractivity contribution in [1.29, 1.82) is 0 Å². The van der Waals surface area contributed by atoms with E-state index in [4.69, 9.17) is 4.42 Å². The second-order valence-electron chi connectivity index (χ2n) is 11.6. The first-order valence-corrected chi connectivity index (χ1v) is 18.6. The normalized spacial score (nSPS) is 10.4. The predicted octanol–water partition coefficient (Wildman–Crippen LogP) is 16.1. The van der Waals surface area contributed by atoms with Crippen LogP contribution in [0.15, 0.2) is 163 Å². The lowest BCUT2D eigenvalue weighted by Gasteiger charge is -2.15. The van der Waals surface area contributed by atoms with Gasteiger partial charge < -0.3 is 4.42 Å². The summed E-state index contributed by atoms with van der Waals surface area (Å²) in [6.07, 6.45) is 2.96. The van der Waals surface area contributed by atoms with Crippen molar-refractivity contribution in [3.8, 4) is 33.4 Å². The summed E-state index contributed by atoms with van der Waals surface area (Å²) in [5.41, 5.74) is 9.01. The number of fused-ring (bicyclic) bond motifs is 3. The monoisotopic (exact) mass is 666 g/mol. The fourth-order valence-electron chi connectivity index (χ4n) is 6.69. The second-order valence-corrected chi connectivity index (χ2v) is 11.6. The van der Waals surface area contributed by atoms with Crippen molar-refractivity contribution in [3.05, 3.63) is 158 Å². The molecule has 1 aromatic heterocycles. The Balaban J connectivity index is 0.000000461. The molecule has 0 amide bonds. The molecule has 0 bridgehead atoms. The minimum absolute atomic E-state index is 0.923. The van der Waals surface area contributed by atoms with Crippen LogP contribution < -0.4 is 0 Å². The van der Waals surface area contributed by atoms with Crippen LogP contribution in [0.4, 0.5) is 0 Å². The standard InChI is InChI=1S/C40H24O.C4H8.3C2H6/c1-2-16-37-34(13-1)36-15-6-14-33(40(36)41-37)31-12-5-10-29(24-31)28-9-4-11-30(23-28)32-21-19-27-18-17-25-7-3-8-26-20-22-35(32)39(27)38(25)26;1-3-4-2;3*1-2/h1-24H;3H,1,4H2,2H3;3*1-2H3. The molecule has 51 heavy (non-hydrogen) atoms. The number of allylic oxidation sites excluding steroid dienone is 1. The highest BCUT2D eigenvalue weighted by molar-refractivity contribution is 6.25. The number of hydrogen-bond acceptors (Lipinski definition) is 1. The maximum absolute atomic E-state index is 6.35. The summed E-state index contributed by atoms with van der Waals surface area (Å²) >= 11 is 0. The Morgan fingerprint density at radius 1 is 0.451 bits per heavy atom. The van der Waals surface area contributed by atoms with E-state index >= 15 is 0 Å². The molecule has 0 aliphatic carbocycles. The molecule has 1 nitrogen and oxygen atoms in total. The number of para-hydroxylation sites is 2. The molecule has 0 saturated carbocycles. The average molecular weight is 667 g/mol. The van der Waals surface area contributed by atoms with Crippen molar-refractivity contribution in [2.75, 3.05) is 0 Å². The van der Waals surface area contributed by atoms with E-state index in [9.17, 15) is 0 Å². The van der Waals surface area contributed by atoms with Gasteiger partial charge in [-0.15, -0.1) is 6.58 Å². The zero-order valence-electron chi connectivity index (χ0n) is 31.3. The fraction of sp³-hybridized carbons (Fsp3) is 0.160. The largest absolute Gasteiger partial charge is 0.455 e. The van der Waals surface area contributed by atoms with Crippen molar-refractivity contribution in [3.63, 3.8) is 0 Å². The Bertz CT molecular complexity index is 2480. The summed E-state index contributed by atoms with van der Waals surface area (Å²) in [5.74, 6) is 0. The van der Waals surface area contributed by atoms with Crippen molar-refractivity contribution in [2.24, 2.45) is 0 Å². The zero-order chi connectivity index (χ0) is 36.3. The van der Waals surface area contributed by atoms with Crippen molar-refractivity contribution in [2.45, 2.75) is 54.9 Å². The van der Waals surface area contributed by atoms with Crippen LogP contribution in [0.25, 0.3) is 87.6 Å². The first-order valence-electron chi connectivity index (χ1n) is 18.6. The Morgan fingerprint density at radius 2 is 0.941 bits per heavy atom. The highest BCUT2D eigenvalue weighted by Crippen LogP contribution is 2.41. The van der Waals surface area contributed by atoms with Gasteiger partial charge in [0.15, 0.2) is 0 Å². The van der Waals surface area contributed by atoms with Crippen LogP contribution in [0.1, 0.15) is 54.9 Å². The van der Waals surface area contributed by atoms with Crippen LogP contribution in [0.3, 0.4) is 0 Å². The number of furan rings is 1. The summed E-state index contributed by atoms with van der Waals surface area (Å²) < 4.78 is 6.35. The molecular formula is C50H50O. The molecule has 0 atom stereocenters. The third kappa shape index (κ3) is 7.16. The van der Waals surface area contributed by atoms with E-state index in [-0.39, 0.29) is 0 Å². The Hall–Kier alpha value is -5.66. The lowest BCUT2D eigenvalue weighted by molar-refractivity contribution is 0.670. The van der Waals surface area contributed by atoms with Crippen molar-refractivity contribution in [1.82, 2.24) is 0 Å². The van der Waals surface area contributed by atoms with E-state index in [2.05, 4.69) is 147 Å². The van der Waals surface area contributed by atoms with Crippen LogP contribution in [0, 0.1) is 0 Å². The third-order valence-electron chi connectivity index (χ3n) is 8.90. The quantitative estimate of drug-likeness (QED) is 0.135. The summed E-state index contributed by atoms with van der Waals surface area (Å²) in [5, 5.41) is 10.2. The Morgan fingerprint density at radius 3 is 1.59 bits per heavy atom. The van der Waals surface area contributed by atoms with Gasteiger partial charge in [-0.3, -0.25) is 0 Å². The second kappa shape index (κ2) is 17.3. The molecule has 9 aromatic rings. The topological polar surface area (TPSA) is 13.1 Å². The van der Waals surface area contributed by atoms with Gasteiger partial charge in [0.05, 0.1) is 0 Å². The first kappa shape index (κ1) is 36.6. The van der Waals surface area contributed by atoms with Gasteiger partial charge in [-0.25, -0.2) is 0 Å². The lowest BCUT2D eigenvalue weighted by atomic mass is 9.89. The van der Waals surface area contributed by atoms with E-state index in [1.807, 2.05) is 59.8 Å². The van der Waals surface area contributed by atoms with E-state index in [1.54, 1.807) is 0 Å². The first-order chi connectivity index (χ1) is 25.2. The Kier molecular flexibility index (Phi) is 12.4. The summed E-state index contributed by atoms with van der Waals surface area (Å²) in [6.45, 7) is 17.5. The molecule has 0 saturated heterocycles. The minimum Gasteiger partial charge on any atom is -0.455 e. The number of rotatable bonds is 4. The molecule has 256 valence electrons. The molecule has 0 spiro atoms. The summed E-state index contributed by atoms with van der Waals surface area (Å²) in [7, 11) is 0. The molecule has 0 radical (unpaired) electrons. The number of hydrogen-bond donors (Lipinski definition) is 0. The smallest absolute Gasteiger partial charge is 0.143 e. The van der Waals surface area contributed by atoms with Gasteiger partial charge >= 0.3 is 0 Å². The maximum Gasteiger partial charge on any atom is 0.143 e. The highest BCUT2D eigenvalue weighted by atomic mass is 16.3. The molecule has 9 rings (SSSR count). The molecule has 1 heterocycles. The summed E-state index contributed by atoms with van der Waals surface area (Å²) in [6, 6.07) is 52.6. The van der Waals surface area contributed by atoms with Gasteiger partial charge in [-0.1, -0.05) is 182 Å². The molecule has 8 aromatic carbocycles. The van der Waals surface area contributed by atoms with Crippen LogP contribution in [0.2, 0.25) is 0 Å². The van der Waals surface area contributed by atoms with Gasteiger partial charge in [-0.05, 0) is 84.8 Å². The SMILES string of the molecule is C=CCC.CC.CC.CC.c1cc(-c2cccc(-c3cccc4c3oc3ccccc34)c2)cc(-c2ccc3ccc4cccc5ccc2c3c45)c1. The van der Waals surface area contributed by atoms with E-state index in [0.717, 1.165) is 39.5 Å². The van der Waals surface area contributed by atoms with Crippen LogP contribution >= 0.6 is 0 Å².